The first kappa shape index (κ1) is 18.1. The molecule has 0 aromatic carbocycles. The largest absolute Gasteiger partial charge is 0.378 e. The van der Waals surface area contributed by atoms with Crippen molar-refractivity contribution in [1.82, 2.24) is 20.1 Å². The molecule has 0 unspecified atom stereocenters. The average Bonchev–Trinajstić information content (AvgIpc) is 3.32. The van der Waals surface area contributed by atoms with Crippen LogP contribution in [0.3, 0.4) is 0 Å². The number of aromatic nitrogens is 4. The first-order valence-corrected chi connectivity index (χ1v) is 9.60. The molecule has 1 saturated carbocycles. The van der Waals surface area contributed by atoms with Crippen molar-refractivity contribution >= 4 is 5.95 Å². The van der Waals surface area contributed by atoms with Gasteiger partial charge >= 0.3 is 0 Å². The third-order valence-corrected chi connectivity index (χ3v) is 5.52. The summed E-state index contributed by atoms with van der Waals surface area (Å²) in [6.45, 7) is 4.61. The van der Waals surface area contributed by atoms with Crippen molar-refractivity contribution in [2.75, 3.05) is 31.2 Å². The van der Waals surface area contributed by atoms with Crippen molar-refractivity contribution in [2.24, 2.45) is 5.73 Å². The van der Waals surface area contributed by atoms with Crippen molar-refractivity contribution < 1.29 is 9.26 Å². The fraction of sp³-hybridized carbons (Fsp3) is 0.667. The van der Waals surface area contributed by atoms with Gasteiger partial charge in [-0.3, -0.25) is 9.78 Å². The van der Waals surface area contributed by atoms with E-state index in [1.165, 1.54) is 0 Å². The molecule has 0 amide bonds. The molecule has 1 aliphatic carbocycles. The number of aromatic amines is 1. The summed E-state index contributed by atoms with van der Waals surface area (Å²) < 4.78 is 10.7. The van der Waals surface area contributed by atoms with Crippen LogP contribution in [0.15, 0.2) is 9.32 Å². The lowest BCUT2D eigenvalue weighted by Crippen LogP contribution is -2.38. The number of aryl methyl sites for hydroxylation is 2. The first-order chi connectivity index (χ1) is 13.0. The second kappa shape index (κ2) is 7.40. The van der Waals surface area contributed by atoms with Crippen molar-refractivity contribution in [2.45, 2.75) is 51.0 Å². The minimum absolute atomic E-state index is 0.116. The highest BCUT2D eigenvalue weighted by Crippen LogP contribution is 2.34. The molecule has 2 aromatic heterocycles. The zero-order valence-electron chi connectivity index (χ0n) is 15.7. The van der Waals surface area contributed by atoms with E-state index >= 15 is 0 Å². The zero-order valence-corrected chi connectivity index (χ0v) is 15.7. The summed E-state index contributed by atoms with van der Waals surface area (Å²) >= 11 is 0. The molecule has 9 heteroatoms. The van der Waals surface area contributed by atoms with Crippen LogP contribution in [0.1, 0.15) is 48.7 Å². The van der Waals surface area contributed by atoms with Gasteiger partial charge in [-0.1, -0.05) is 18.0 Å². The fourth-order valence-electron chi connectivity index (χ4n) is 3.84. The van der Waals surface area contributed by atoms with Crippen LogP contribution in [0.2, 0.25) is 0 Å². The van der Waals surface area contributed by atoms with E-state index in [2.05, 4.69) is 20.1 Å². The van der Waals surface area contributed by atoms with E-state index < -0.39 is 5.54 Å². The average molecular weight is 374 g/mol. The quantitative estimate of drug-likeness (QED) is 0.788. The Morgan fingerprint density at radius 2 is 1.93 bits per heavy atom. The number of nitrogens with one attached hydrogen (secondary N) is 1. The number of hydrogen-bond donors (Lipinski definition) is 2. The van der Waals surface area contributed by atoms with Crippen molar-refractivity contribution in [1.29, 1.82) is 0 Å². The molecule has 9 nitrogen and oxygen atoms in total. The molecule has 0 radical (unpaired) electrons. The van der Waals surface area contributed by atoms with E-state index in [1.807, 2.05) is 11.8 Å². The Bertz CT molecular complexity index is 849. The zero-order chi connectivity index (χ0) is 18.9. The number of nitrogens with zero attached hydrogens (tertiary/aromatic N) is 4. The predicted octanol–water partition coefficient (Wildman–Crippen LogP) is 0.811. The maximum absolute atomic E-state index is 12.6. The summed E-state index contributed by atoms with van der Waals surface area (Å²) in [4.78, 5) is 26.5. The summed E-state index contributed by atoms with van der Waals surface area (Å²) in [5.74, 6) is 1.70. The van der Waals surface area contributed by atoms with Crippen LogP contribution in [0.5, 0.6) is 0 Å². The molecule has 2 aliphatic rings. The van der Waals surface area contributed by atoms with E-state index in [0.29, 0.717) is 49.3 Å². The lowest BCUT2D eigenvalue weighted by molar-refractivity contribution is 0.122. The first-order valence-electron chi connectivity index (χ1n) is 9.60. The number of hydrogen-bond acceptors (Lipinski definition) is 8. The van der Waals surface area contributed by atoms with E-state index in [1.54, 1.807) is 0 Å². The van der Waals surface area contributed by atoms with E-state index in [9.17, 15) is 4.79 Å². The Kier molecular flexibility index (Phi) is 4.96. The topological polar surface area (TPSA) is 123 Å². The Morgan fingerprint density at radius 1 is 1.19 bits per heavy atom. The summed E-state index contributed by atoms with van der Waals surface area (Å²) in [5, 5.41) is 4.07. The van der Waals surface area contributed by atoms with Gasteiger partial charge < -0.3 is 19.9 Å². The highest BCUT2D eigenvalue weighted by Gasteiger charge is 2.35. The fourth-order valence-corrected chi connectivity index (χ4v) is 3.84. The Labute approximate surface area is 157 Å². The molecular formula is C18H26N6O3. The van der Waals surface area contributed by atoms with Gasteiger partial charge in [-0.15, -0.1) is 0 Å². The second-order valence-electron chi connectivity index (χ2n) is 7.43. The second-order valence-corrected chi connectivity index (χ2v) is 7.43. The van der Waals surface area contributed by atoms with Gasteiger partial charge in [0.15, 0.2) is 5.82 Å². The lowest BCUT2D eigenvalue weighted by Gasteiger charge is -2.27. The monoisotopic (exact) mass is 374 g/mol. The van der Waals surface area contributed by atoms with E-state index in [4.69, 9.17) is 15.0 Å². The highest BCUT2D eigenvalue weighted by molar-refractivity contribution is 5.33. The third kappa shape index (κ3) is 3.74. The molecule has 0 spiro atoms. The molecule has 27 heavy (non-hydrogen) atoms. The maximum atomic E-state index is 12.6. The van der Waals surface area contributed by atoms with Crippen molar-refractivity contribution in [3.63, 3.8) is 0 Å². The lowest BCUT2D eigenvalue weighted by atomic mass is 9.99. The number of rotatable bonds is 5. The van der Waals surface area contributed by atoms with Crippen LogP contribution in [-0.2, 0) is 23.1 Å². The Morgan fingerprint density at radius 3 is 2.63 bits per heavy atom. The normalized spacial score (nSPS) is 19.6. The van der Waals surface area contributed by atoms with Crippen LogP contribution < -0.4 is 16.2 Å². The molecule has 146 valence electrons. The SMILES string of the molecule is Cc1nc(N2CCOCC2)[nH]c(=O)c1CCc1nc(C2(N)CCCC2)no1. The Balaban J connectivity index is 1.45. The molecule has 3 heterocycles. The van der Waals surface area contributed by atoms with Gasteiger partial charge in [0.2, 0.25) is 11.8 Å². The molecule has 3 N–H and O–H groups in total. The van der Waals surface area contributed by atoms with Crippen molar-refractivity contribution in [3.8, 4) is 0 Å². The van der Waals surface area contributed by atoms with Crippen LogP contribution >= 0.6 is 0 Å². The minimum Gasteiger partial charge on any atom is -0.378 e. The van der Waals surface area contributed by atoms with Gasteiger partial charge in [-0.25, -0.2) is 4.98 Å². The van der Waals surface area contributed by atoms with Crippen molar-refractivity contribution in [3.05, 3.63) is 33.3 Å². The molecule has 1 saturated heterocycles. The number of nitrogens with two attached hydrogens (primary N) is 1. The number of anilines is 1. The third-order valence-electron chi connectivity index (χ3n) is 5.52. The molecule has 4 rings (SSSR count). The predicted molar refractivity (Wildman–Crippen MR) is 98.7 cm³/mol. The number of H-pyrrole nitrogens is 1. The summed E-state index contributed by atoms with van der Waals surface area (Å²) in [7, 11) is 0. The van der Waals surface area contributed by atoms with E-state index in [0.717, 1.165) is 44.5 Å². The van der Waals surface area contributed by atoms with Crippen LogP contribution in [0.25, 0.3) is 0 Å². The molecule has 1 aliphatic heterocycles. The number of ether oxygens (including phenoxy) is 1. The molecular weight excluding hydrogens is 348 g/mol. The maximum Gasteiger partial charge on any atom is 0.255 e. The highest BCUT2D eigenvalue weighted by atomic mass is 16.5. The molecule has 2 fully saturated rings. The molecule has 0 atom stereocenters. The van der Waals surface area contributed by atoms with Crippen LogP contribution in [-0.4, -0.2) is 46.4 Å². The minimum atomic E-state index is -0.462. The van der Waals surface area contributed by atoms with Gasteiger partial charge in [-0.2, -0.15) is 4.98 Å². The smallest absolute Gasteiger partial charge is 0.255 e. The molecule has 0 bridgehead atoms. The number of morpholine rings is 1. The van der Waals surface area contributed by atoms with Gasteiger partial charge in [0.1, 0.15) is 0 Å². The van der Waals surface area contributed by atoms with Gasteiger partial charge in [0.25, 0.3) is 5.56 Å². The standard InChI is InChI=1S/C18H26N6O3/c1-12-13(15(25)22-17(20-12)24-8-10-26-11-9-24)4-5-14-21-16(23-27-14)18(19)6-2-3-7-18/h2-11,19H2,1H3,(H,20,22,25). The summed E-state index contributed by atoms with van der Waals surface area (Å²) in [6, 6.07) is 0. The van der Waals surface area contributed by atoms with Crippen LogP contribution in [0, 0.1) is 6.92 Å². The summed E-state index contributed by atoms with van der Waals surface area (Å²) in [5.41, 5.74) is 7.17. The van der Waals surface area contributed by atoms with Gasteiger partial charge in [-0.05, 0) is 26.2 Å². The van der Waals surface area contributed by atoms with Gasteiger partial charge in [0, 0.05) is 30.8 Å². The van der Waals surface area contributed by atoms with Gasteiger partial charge in [0.05, 0.1) is 18.8 Å². The van der Waals surface area contributed by atoms with E-state index in [-0.39, 0.29) is 5.56 Å². The summed E-state index contributed by atoms with van der Waals surface area (Å²) in [6.07, 6.45) is 4.95. The Hall–Kier alpha value is -2.26. The van der Waals surface area contributed by atoms with Crippen LogP contribution in [0.4, 0.5) is 5.95 Å². The molecule has 2 aromatic rings.